The molecule has 1 aromatic carbocycles. The zero-order chi connectivity index (χ0) is 19.2. The van der Waals surface area contributed by atoms with Crippen molar-refractivity contribution in [1.29, 1.82) is 0 Å². The zero-order valence-electron chi connectivity index (χ0n) is 16.7. The van der Waals surface area contributed by atoms with Crippen LogP contribution >= 0.6 is 0 Å². The van der Waals surface area contributed by atoms with Crippen molar-refractivity contribution in [2.75, 3.05) is 45.2 Å². The van der Waals surface area contributed by atoms with E-state index in [2.05, 4.69) is 57.1 Å². The van der Waals surface area contributed by atoms with E-state index >= 15 is 0 Å². The minimum Gasteiger partial charge on any atom is -0.481 e. The largest absolute Gasteiger partial charge is 0.481 e. The summed E-state index contributed by atoms with van der Waals surface area (Å²) in [5.41, 5.74) is 5.00. The van der Waals surface area contributed by atoms with Crippen LogP contribution in [0.5, 0.6) is 5.88 Å². The predicted molar refractivity (Wildman–Crippen MR) is 111 cm³/mol. The number of hydrogen-bond donors (Lipinski definition) is 1. The summed E-state index contributed by atoms with van der Waals surface area (Å²) < 4.78 is 5.19. The van der Waals surface area contributed by atoms with Gasteiger partial charge in [0.15, 0.2) is 5.96 Å². The van der Waals surface area contributed by atoms with Crippen LogP contribution in [0.15, 0.2) is 41.4 Å². The lowest BCUT2D eigenvalue weighted by Crippen LogP contribution is -2.52. The molecule has 0 unspecified atom stereocenters. The van der Waals surface area contributed by atoms with Crippen molar-refractivity contribution >= 4 is 11.6 Å². The second kappa shape index (κ2) is 8.75. The minimum atomic E-state index is 0.626. The topological polar surface area (TPSA) is 53.0 Å². The number of methoxy groups -OCH3 is 1. The first-order valence-corrected chi connectivity index (χ1v) is 9.39. The Balaban J connectivity index is 1.58. The number of benzene rings is 1. The Kier molecular flexibility index (Phi) is 6.16. The lowest BCUT2D eigenvalue weighted by molar-refractivity contribution is 0.371. The fourth-order valence-electron chi connectivity index (χ4n) is 3.41. The molecule has 0 saturated carbocycles. The van der Waals surface area contributed by atoms with E-state index in [9.17, 15) is 0 Å². The molecule has 0 spiro atoms. The van der Waals surface area contributed by atoms with Crippen molar-refractivity contribution in [1.82, 2.24) is 15.2 Å². The van der Waals surface area contributed by atoms with Gasteiger partial charge in [0.2, 0.25) is 5.88 Å². The third-order valence-electron chi connectivity index (χ3n) is 5.13. The molecule has 1 fully saturated rings. The van der Waals surface area contributed by atoms with Gasteiger partial charge in [0.1, 0.15) is 0 Å². The van der Waals surface area contributed by atoms with Gasteiger partial charge in [-0.1, -0.05) is 18.2 Å². The van der Waals surface area contributed by atoms with Crippen molar-refractivity contribution in [3.05, 3.63) is 53.2 Å². The minimum absolute atomic E-state index is 0.626. The summed E-state index contributed by atoms with van der Waals surface area (Å²) in [7, 11) is 3.46. The van der Waals surface area contributed by atoms with Crippen LogP contribution in [0.2, 0.25) is 0 Å². The molecular weight excluding hydrogens is 338 g/mol. The second-order valence-corrected chi connectivity index (χ2v) is 6.77. The van der Waals surface area contributed by atoms with E-state index < -0.39 is 0 Å². The van der Waals surface area contributed by atoms with Crippen molar-refractivity contribution in [2.24, 2.45) is 4.99 Å². The molecule has 1 aliphatic rings. The van der Waals surface area contributed by atoms with Crippen LogP contribution in [-0.4, -0.2) is 56.2 Å². The first-order chi connectivity index (χ1) is 13.1. The Bertz CT molecular complexity index is 797. The van der Waals surface area contributed by atoms with Crippen LogP contribution in [0.3, 0.4) is 0 Å². The van der Waals surface area contributed by atoms with Crippen LogP contribution in [0, 0.1) is 13.8 Å². The molecule has 6 heteroatoms. The summed E-state index contributed by atoms with van der Waals surface area (Å²) in [6.07, 6.45) is 0. The molecule has 0 amide bonds. The van der Waals surface area contributed by atoms with E-state index in [1.165, 1.54) is 16.8 Å². The maximum absolute atomic E-state index is 5.19. The lowest BCUT2D eigenvalue weighted by atomic mass is 10.1. The number of nitrogens with one attached hydrogen (secondary N) is 1. The number of anilines is 1. The normalized spacial score (nSPS) is 15.0. The Morgan fingerprint density at radius 1 is 1.11 bits per heavy atom. The van der Waals surface area contributed by atoms with Gasteiger partial charge in [0.05, 0.1) is 19.3 Å². The van der Waals surface area contributed by atoms with Gasteiger partial charge < -0.3 is 19.9 Å². The smallest absolute Gasteiger partial charge is 0.213 e. The van der Waals surface area contributed by atoms with Gasteiger partial charge in [-0.05, 0) is 37.1 Å². The Labute approximate surface area is 161 Å². The number of pyridine rings is 1. The molecule has 0 bridgehead atoms. The molecule has 144 valence electrons. The van der Waals surface area contributed by atoms with Crippen molar-refractivity contribution < 1.29 is 4.74 Å². The zero-order valence-corrected chi connectivity index (χ0v) is 16.7. The van der Waals surface area contributed by atoms with E-state index in [-0.39, 0.29) is 0 Å². The van der Waals surface area contributed by atoms with Crippen molar-refractivity contribution in [3.8, 4) is 5.88 Å². The highest BCUT2D eigenvalue weighted by Gasteiger charge is 2.21. The van der Waals surface area contributed by atoms with Gasteiger partial charge in [-0.2, -0.15) is 0 Å². The van der Waals surface area contributed by atoms with Crippen molar-refractivity contribution in [3.63, 3.8) is 0 Å². The van der Waals surface area contributed by atoms with Gasteiger partial charge >= 0.3 is 0 Å². The average Bonchev–Trinajstić information content (AvgIpc) is 2.71. The van der Waals surface area contributed by atoms with Crippen LogP contribution in [0.1, 0.15) is 16.8 Å². The summed E-state index contributed by atoms with van der Waals surface area (Å²) in [5, 5.41) is 3.42. The molecule has 2 aromatic rings. The molecule has 2 heterocycles. The summed E-state index contributed by atoms with van der Waals surface area (Å²) in [6.45, 7) is 8.87. The molecule has 1 aliphatic heterocycles. The van der Waals surface area contributed by atoms with E-state index in [1.54, 1.807) is 7.11 Å². The number of guanidine groups is 1. The van der Waals surface area contributed by atoms with E-state index in [0.717, 1.165) is 37.8 Å². The van der Waals surface area contributed by atoms with E-state index in [4.69, 9.17) is 4.74 Å². The maximum Gasteiger partial charge on any atom is 0.213 e. The average molecular weight is 367 g/mol. The third kappa shape index (κ3) is 4.51. The van der Waals surface area contributed by atoms with Gasteiger partial charge in [-0.25, -0.2) is 4.98 Å². The number of piperazine rings is 1. The Morgan fingerprint density at radius 3 is 2.56 bits per heavy atom. The Hall–Kier alpha value is -2.76. The molecule has 0 radical (unpaired) electrons. The third-order valence-corrected chi connectivity index (χ3v) is 5.13. The first-order valence-electron chi connectivity index (χ1n) is 9.39. The molecule has 6 nitrogen and oxygen atoms in total. The molecule has 1 aromatic heterocycles. The molecule has 27 heavy (non-hydrogen) atoms. The number of aryl methyl sites for hydroxylation is 1. The van der Waals surface area contributed by atoms with Gasteiger partial charge in [-0.3, -0.25) is 4.99 Å². The van der Waals surface area contributed by atoms with Crippen LogP contribution in [0.4, 0.5) is 5.69 Å². The second-order valence-electron chi connectivity index (χ2n) is 6.77. The maximum atomic E-state index is 5.19. The number of rotatable bonds is 4. The number of nitrogens with zero attached hydrogens (tertiary/aromatic N) is 4. The summed E-state index contributed by atoms with van der Waals surface area (Å²) in [6, 6.07) is 12.3. The number of aliphatic imine (C=N–C) groups is 1. The molecule has 1 N–H and O–H groups in total. The molecule has 3 rings (SSSR count). The highest BCUT2D eigenvalue weighted by Crippen LogP contribution is 2.23. The lowest BCUT2D eigenvalue weighted by Gasteiger charge is -2.38. The van der Waals surface area contributed by atoms with Crippen molar-refractivity contribution in [2.45, 2.75) is 20.4 Å². The van der Waals surface area contributed by atoms with Gasteiger partial charge in [0.25, 0.3) is 0 Å². The highest BCUT2D eigenvalue weighted by molar-refractivity contribution is 5.80. The van der Waals surface area contributed by atoms with E-state index in [1.807, 2.05) is 25.2 Å². The fourth-order valence-corrected chi connectivity index (χ4v) is 3.41. The first kappa shape index (κ1) is 19.0. The Morgan fingerprint density at radius 2 is 1.85 bits per heavy atom. The van der Waals surface area contributed by atoms with Crippen LogP contribution in [0.25, 0.3) is 0 Å². The quantitative estimate of drug-likeness (QED) is 0.665. The number of ether oxygens (including phenoxy) is 1. The molecular formula is C21H29N5O. The van der Waals surface area contributed by atoms with Gasteiger partial charge in [-0.15, -0.1) is 0 Å². The number of hydrogen-bond acceptors (Lipinski definition) is 4. The SMILES string of the molecule is CN=C(NCc1cccc(OC)n1)N1CCN(c2cccc(C)c2C)CC1. The van der Waals surface area contributed by atoms with Crippen LogP contribution < -0.4 is 15.0 Å². The van der Waals surface area contributed by atoms with Gasteiger partial charge in [0, 0.05) is 45.0 Å². The summed E-state index contributed by atoms with van der Waals surface area (Å²) in [5.74, 6) is 1.55. The summed E-state index contributed by atoms with van der Waals surface area (Å²) in [4.78, 5) is 13.7. The number of aromatic nitrogens is 1. The van der Waals surface area contributed by atoms with E-state index in [0.29, 0.717) is 12.4 Å². The fraction of sp³-hybridized carbons (Fsp3) is 0.429. The molecule has 1 saturated heterocycles. The van der Waals surface area contributed by atoms with Crippen LogP contribution in [-0.2, 0) is 6.54 Å². The molecule has 0 aliphatic carbocycles. The molecule has 0 atom stereocenters. The summed E-state index contributed by atoms with van der Waals surface area (Å²) >= 11 is 0. The standard InChI is InChI=1S/C21H29N5O/c1-16-7-5-9-19(17(16)2)25-11-13-26(14-12-25)21(22-3)23-15-18-8-6-10-20(24-18)27-4/h5-10H,11-15H2,1-4H3,(H,22,23). The monoisotopic (exact) mass is 367 g/mol. The highest BCUT2D eigenvalue weighted by atomic mass is 16.5. The predicted octanol–water partition coefficient (Wildman–Crippen LogP) is 2.60.